The molecule has 1 aliphatic heterocycles. The van der Waals surface area contributed by atoms with E-state index in [2.05, 4.69) is 10.0 Å². The lowest BCUT2D eigenvalue weighted by atomic mass is 10.1. The molecular weight excluding hydrogens is 206 g/mol. The van der Waals surface area contributed by atoms with Crippen LogP contribution in [-0.2, 0) is 15.0 Å². The molecule has 0 spiro atoms. The molecule has 6 nitrogen and oxygen atoms in total. The van der Waals surface area contributed by atoms with Crippen molar-refractivity contribution in [3.8, 4) is 0 Å². The molecule has 0 aromatic rings. The maximum atomic E-state index is 11.4. The Hall–Kier alpha value is -0.660. The van der Waals surface area contributed by atoms with E-state index in [0.717, 1.165) is 10.7 Å². The lowest BCUT2D eigenvalue weighted by Gasteiger charge is -2.24. The summed E-state index contributed by atoms with van der Waals surface area (Å²) in [5.74, 6) is -0.248. The topological polar surface area (TPSA) is 78.5 Å². The van der Waals surface area contributed by atoms with Crippen molar-refractivity contribution in [2.75, 3.05) is 20.6 Å². The normalized spacial score (nSPS) is 23.6. The van der Waals surface area contributed by atoms with Crippen LogP contribution >= 0.6 is 0 Å². The highest BCUT2D eigenvalue weighted by Gasteiger charge is 2.27. The summed E-state index contributed by atoms with van der Waals surface area (Å²) in [5, 5.41) is 2.61. The van der Waals surface area contributed by atoms with Gasteiger partial charge >= 0.3 is 0 Å². The smallest absolute Gasteiger partial charge is 0.279 e. The number of nitrogens with zero attached hydrogens (tertiary/aromatic N) is 1. The van der Waals surface area contributed by atoms with Crippen LogP contribution in [0.4, 0.5) is 0 Å². The Balaban J connectivity index is 2.63. The Labute approximate surface area is 83.8 Å². The van der Waals surface area contributed by atoms with Crippen molar-refractivity contribution < 1.29 is 13.2 Å². The van der Waals surface area contributed by atoms with Gasteiger partial charge in [-0.25, -0.2) is 0 Å². The molecule has 14 heavy (non-hydrogen) atoms. The fourth-order valence-corrected chi connectivity index (χ4v) is 1.96. The Morgan fingerprint density at radius 2 is 2.14 bits per heavy atom. The predicted molar refractivity (Wildman–Crippen MR) is 51.8 cm³/mol. The van der Waals surface area contributed by atoms with E-state index in [-0.39, 0.29) is 5.91 Å². The molecule has 7 heteroatoms. The fourth-order valence-electron chi connectivity index (χ4n) is 1.17. The van der Waals surface area contributed by atoms with Crippen LogP contribution < -0.4 is 10.0 Å². The molecule has 1 atom stereocenters. The van der Waals surface area contributed by atoms with Crippen LogP contribution in [0.25, 0.3) is 0 Å². The second-order valence-electron chi connectivity index (χ2n) is 3.39. The first-order chi connectivity index (χ1) is 6.43. The van der Waals surface area contributed by atoms with E-state index in [4.69, 9.17) is 0 Å². The van der Waals surface area contributed by atoms with Gasteiger partial charge in [0.05, 0.1) is 0 Å². The summed E-state index contributed by atoms with van der Waals surface area (Å²) in [4.78, 5) is 11.2. The first kappa shape index (κ1) is 11.4. The highest BCUT2D eigenvalue weighted by atomic mass is 32.2. The minimum absolute atomic E-state index is 0.248. The highest BCUT2D eigenvalue weighted by Crippen LogP contribution is 2.05. The molecule has 1 rings (SSSR count). The molecule has 1 heterocycles. The monoisotopic (exact) mass is 221 g/mol. The fraction of sp³-hybridized carbons (Fsp3) is 0.857. The third-order valence-electron chi connectivity index (χ3n) is 2.06. The molecule has 1 unspecified atom stereocenters. The SMILES string of the molecule is CN(C)S(=O)(=O)NC1CCCNC1=O. The number of piperidine rings is 1. The van der Waals surface area contributed by atoms with Crippen LogP contribution in [0.2, 0.25) is 0 Å². The van der Waals surface area contributed by atoms with Crippen molar-refractivity contribution in [3.63, 3.8) is 0 Å². The summed E-state index contributed by atoms with van der Waals surface area (Å²) in [7, 11) is -0.669. The van der Waals surface area contributed by atoms with Crippen LogP contribution in [0.5, 0.6) is 0 Å². The van der Waals surface area contributed by atoms with Gasteiger partial charge in [0.2, 0.25) is 5.91 Å². The number of rotatable bonds is 3. The van der Waals surface area contributed by atoms with Gasteiger partial charge in [-0.3, -0.25) is 4.79 Å². The van der Waals surface area contributed by atoms with Crippen LogP contribution in [-0.4, -0.2) is 45.3 Å². The Kier molecular flexibility index (Phi) is 3.46. The van der Waals surface area contributed by atoms with Crippen molar-refractivity contribution in [3.05, 3.63) is 0 Å². The van der Waals surface area contributed by atoms with Gasteiger partial charge in [-0.05, 0) is 12.8 Å². The Morgan fingerprint density at radius 3 is 2.64 bits per heavy atom. The Morgan fingerprint density at radius 1 is 1.50 bits per heavy atom. The van der Waals surface area contributed by atoms with E-state index in [1.165, 1.54) is 14.1 Å². The van der Waals surface area contributed by atoms with Crippen LogP contribution in [0.3, 0.4) is 0 Å². The van der Waals surface area contributed by atoms with Crippen molar-refractivity contribution in [2.45, 2.75) is 18.9 Å². The molecule has 0 aliphatic carbocycles. The van der Waals surface area contributed by atoms with Crippen LogP contribution in [0.15, 0.2) is 0 Å². The minimum Gasteiger partial charge on any atom is -0.355 e. The molecule has 0 aromatic heterocycles. The summed E-state index contributed by atoms with van der Waals surface area (Å²) in [6.45, 7) is 0.624. The van der Waals surface area contributed by atoms with Crippen molar-refractivity contribution >= 4 is 16.1 Å². The molecule has 1 fully saturated rings. The summed E-state index contributed by atoms with van der Waals surface area (Å²) >= 11 is 0. The first-order valence-corrected chi connectivity index (χ1v) is 5.85. The first-order valence-electron chi connectivity index (χ1n) is 4.41. The Bertz CT molecular complexity index is 312. The van der Waals surface area contributed by atoms with Gasteiger partial charge in [0, 0.05) is 20.6 Å². The molecule has 1 aliphatic rings. The molecule has 82 valence electrons. The zero-order valence-corrected chi connectivity index (χ0v) is 9.10. The zero-order valence-electron chi connectivity index (χ0n) is 8.28. The van der Waals surface area contributed by atoms with E-state index in [1.54, 1.807) is 0 Å². The van der Waals surface area contributed by atoms with Gasteiger partial charge in [0.15, 0.2) is 0 Å². The standard InChI is InChI=1S/C7H15N3O3S/c1-10(2)14(12,13)9-6-4-3-5-8-7(6)11/h6,9H,3-5H2,1-2H3,(H,8,11). The van der Waals surface area contributed by atoms with E-state index in [0.29, 0.717) is 13.0 Å². The van der Waals surface area contributed by atoms with Crippen molar-refractivity contribution in [1.29, 1.82) is 0 Å². The van der Waals surface area contributed by atoms with E-state index >= 15 is 0 Å². The van der Waals surface area contributed by atoms with Gasteiger partial charge in [0.1, 0.15) is 6.04 Å². The largest absolute Gasteiger partial charge is 0.355 e. The molecule has 1 saturated heterocycles. The molecule has 0 bridgehead atoms. The summed E-state index contributed by atoms with van der Waals surface area (Å²) in [5.41, 5.74) is 0. The van der Waals surface area contributed by atoms with Gasteiger partial charge in [-0.15, -0.1) is 0 Å². The number of amides is 1. The number of hydrogen-bond acceptors (Lipinski definition) is 3. The molecule has 0 saturated carbocycles. The van der Waals surface area contributed by atoms with E-state index in [1.807, 2.05) is 0 Å². The number of carbonyl (C=O) groups excluding carboxylic acids is 1. The number of nitrogens with one attached hydrogen (secondary N) is 2. The molecular formula is C7H15N3O3S. The van der Waals surface area contributed by atoms with Gasteiger partial charge in [-0.2, -0.15) is 17.4 Å². The molecule has 2 N–H and O–H groups in total. The third-order valence-corrected chi connectivity index (χ3v) is 3.60. The van der Waals surface area contributed by atoms with Crippen LogP contribution in [0, 0.1) is 0 Å². The molecule has 0 radical (unpaired) electrons. The average molecular weight is 221 g/mol. The number of carbonyl (C=O) groups is 1. The van der Waals surface area contributed by atoms with Gasteiger partial charge in [0.25, 0.3) is 10.2 Å². The molecule has 0 aromatic carbocycles. The highest BCUT2D eigenvalue weighted by molar-refractivity contribution is 7.87. The molecule has 1 amide bonds. The second kappa shape index (κ2) is 4.24. The second-order valence-corrected chi connectivity index (χ2v) is 5.31. The van der Waals surface area contributed by atoms with E-state index < -0.39 is 16.3 Å². The van der Waals surface area contributed by atoms with E-state index in [9.17, 15) is 13.2 Å². The third kappa shape index (κ3) is 2.66. The maximum Gasteiger partial charge on any atom is 0.279 e. The maximum absolute atomic E-state index is 11.4. The lowest BCUT2D eigenvalue weighted by molar-refractivity contribution is -0.124. The summed E-state index contributed by atoms with van der Waals surface area (Å²) in [6, 6.07) is -0.629. The van der Waals surface area contributed by atoms with Crippen molar-refractivity contribution in [2.24, 2.45) is 0 Å². The summed E-state index contributed by atoms with van der Waals surface area (Å²) in [6.07, 6.45) is 1.35. The minimum atomic E-state index is -3.51. The van der Waals surface area contributed by atoms with Gasteiger partial charge in [-0.1, -0.05) is 0 Å². The number of hydrogen-bond donors (Lipinski definition) is 2. The van der Waals surface area contributed by atoms with Crippen LogP contribution in [0.1, 0.15) is 12.8 Å². The predicted octanol–water partition coefficient (Wildman–Crippen LogP) is -1.34. The summed E-state index contributed by atoms with van der Waals surface area (Å²) < 4.78 is 26.1. The average Bonchev–Trinajstić information content (AvgIpc) is 2.08. The quantitative estimate of drug-likeness (QED) is 0.619. The lowest BCUT2D eigenvalue weighted by Crippen LogP contribution is -2.52. The van der Waals surface area contributed by atoms with Crippen molar-refractivity contribution in [1.82, 2.24) is 14.3 Å². The zero-order chi connectivity index (χ0) is 10.8. The van der Waals surface area contributed by atoms with Gasteiger partial charge < -0.3 is 5.32 Å².